The lowest BCUT2D eigenvalue weighted by atomic mass is 10.0. The molecule has 4 aromatic rings. The number of para-hydroxylation sites is 2. The Kier molecular flexibility index (Phi) is 3.95. The second-order valence-electron chi connectivity index (χ2n) is 7.25. The van der Waals surface area contributed by atoms with Gasteiger partial charge in [-0.05, 0) is 42.5 Å². The summed E-state index contributed by atoms with van der Waals surface area (Å²) in [6, 6.07) is 16.2. The van der Waals surface area contributed by atoms with Crippen LogP contribution in [0.15, 0.2) is 76.6 Å². The number of hydrogen-bond donors (Lipinski definition) is 0. The average Bonchev–Trinajstić information content (AvgIpc) is 3.58. The Morgan fingerprint density at radius 1 is 1.00 bits per heavy atom. The minimum Gasteiger partial charge on any atom is -0.459 e. The number of fused-ring (bicyclic) bond motifs is 2. The van der Waals surface area contributed by atoms with Crippen molar-refractivity contribution in [1.29, 1.82) is 0 Å². The molecule has 2 aromatic carbocycles. The van der Waals surface area contributed by atoms with Gasteiger partial charge in [0.1, 0.15) is 6.04 Å². The Morgan fingerprint density at radius 2 is 1.87 bits per heavy atom. The van der Waals surface area contributed by atoms with E-state index in [1.165, 1.54) is 11.3 Å². The molecule has 2 aliphatic rings. The molecule has 1 atom stereocenters. The van der Waals surface area contributed by atoms with Gasteiger partial charge in [0.2, 0.25) is 6.79 Å². The third kappa shape index (κ3) is 3.00. The van der Waals surface area contributed by atoms with Gasteiger partial charge in [0.15, 0.2) is 17.3 Å². The smallest absolute Gasteiger partial charge is 0.310 e. The number of rotatable bonds is 3. The largest absolute Gasteiger partial charge is 0.459 e. The molecule has 0 spiro atoms. The van der Waals surface area contributed by atoms with Crippen molar-refractivity contribution in [3.8, 4) is 11.5 Å². The third-order valence-corrected chi connectivity index (χ3v) is 5.36. The normalized spacial score (nSPS) is 17.2. The van der Waals surface area contributed by atoms with Crippen LogP contribution >= 0.6 is 0 Å². The number of aromatic nitrogens is 2. The van der Waals surface area contributed by atoms with Crippen LogP contribution in [0.2, 0.25) is 0 Å². The number of ether oxygens (including phenoxy) is 2. The molecule has 2 aliphatic heterocycles. The number of amides is 1. The predicted molar refractivity (Wildman–Crippen MR) is 111 cm³/mol. The summed E-state index contributed by atoms with van der Waals surface area (Å²) in [5.74, 6) is 1.25. The van der Waals surface area contributed by atoms with Crippen molar-refractivity contribution in [3.63, 3.8) is 0 Å². The van der Waals surface area contributed by atoms with E-state index < -0.39 is 6.04 Å². The van der Waals surface area contributed by atoms with E-state index in [9.17, 15) is 4.79 Å². The number of carbonyl (C=O) groups is 1. The number of carbonyl (C=O) groups excluding carboxylic acids is 1. The lowest BCUT2D eigenvalue weighted by molar-refractivity contribution is 0.0675. The first kappa shape index (κ1) is 17.6. The van der Waals surface area contributed by atoms with Crippen molar-refractivity contribution >= 4 is 22.7 Å². The van der Waals surface area contributed by atoms with Crippen molar-refractivity contribution in [2.24, 2.45) is 5.10 Å². The van der Waals surface area contributed by atoms with E-state index in [0.29, 0.717) is 23.6 Å². The maximum Gasteiger partial charge on any atom is 0.310 e. The van der Waals surface area contributed by atoms with Gasteiger partial charge in [-0.1, -0.05) is 12.1 Å². The molecule has 8 nitrogen and oxygen atoms in total. The maximum absolute atomic E-state index is 13.2. The first-order chi connectivity index (χ1) is 15.3. The monoisotopic (exact) mass is 412 g/mol. The van der Waals surface area contributed by atoms with Crippen LogP contribution in [-0.4, -0.2) is 33.4 Å². The SMILES string of the molecule is O=C(c1ccco1)N1N=C(c2ccc3c(c2)OCO3)C[C@@H]1c1cnc2ccccc2n1. The lowest BCUT2D eigenvalue weighted by Gasteiger charge is -2.20. The van der Waals surface area contributed by atoms with Crippen LogP contribution in [0.4, 0.5) is 0 Å². The maximum atomic E-state index is 13.2. The Morgan fingerprint density at radius 3 is 2.74 bits per heavy atom. The van der Waals surface area contributed by atoms with Gasteiger partial charge in [-0.3, -0.25) is 9.78 Å². The molecular formula is C23H16N4O4. The van der Waals surface area contributed by atoms with Crippen molar-refractivity contribution in [3.05, 3.63) is 84.1 Å². The summed E-state index contributed by atoms with van der Waals surface area (Å²) in [5, 5.41) is 6.08. The van der Waals surface area contributed by atoms with Crippen LogP contribution in [0.1, 0.15) is 34.3 Å². The fourth-order valence-corrected chi connectivity index (χ4v) is 3.82. The minimum atomic E-state index is -0.407. The Balaban J connectivity index is 1.41. The highest BCUT2D eigenvalue weighted by atomic mass is 16.7. The third-order valence-electron chi connectivity index (χ3n) is 5.36. The highest BCUT2D eigenvalue weighted by Gasteiger charge is 2.36. The molecule has 0 aliphatic carbocycles. The summed E-state index contributed by atoms with van der Waals surface area (Å²) >= 11 is 0. The van der Waals surface area contributed by atoms with Crippen LogP contribution in [-0.2, 0) is 0 Å². The van der Waals surface area contributed by atoms with Crippen LogP contribution in [0.3, 0.4) is 0 Å². The fourth-order valence-electron chi connectivity index (χ4n) is 3.82. The van der Waals surface area contributed by atoms with Crippen LogP contribution in [0, 0.1) is 0 Å². The Bertz CT molecular complexity index is 1330. The van der Waals surface area contributed by atoms with E-state index in [1.54, 1.807) is 18.3 Å². The molecule has 8 heteroatoms. The van der Waals surface area contributed by atoms with E-state index in [1.807, 2.05) is 42.5 Å². The van der Waals surface area contributed by atoms with Crippen molar-refractivity contribution in [1.82, 2.24) is 15.0 Å². The van der Waals surface area contributed by atoms with E-state index in [0.717, 1.165) is 22.3 Å². The molecule has 2 aromatic heterocycles. The second kappa shape index (κ2) is 6.94. The molecule has 6 rings (SSSR count). The summed E-state index contributed by atoms with van der Waals surface area (Å²) in [4.78, 5) is 22.4. The topological polar surface area (TPSA) is 90.1 Å². The zero-order valence-electron chi connectivity index (χ0n) is 16.3. The molecule has 4 heterocycles. The quantitative estimate of drug-likeness (QED) is 0.506. The number of hydrogen-bond acceptors (Lipinski definition) is 7. The lowest BCUT2D eigenvalue weighted by Crippen LogP contribution is -2.27. The molecule has 152 valence electrons. The zero-order valence-corrected chi connectivity index (χ0v) is 16.3. The number of benzene rings is 2. The summed E-state index contributed by atoms with van der Waals surface area (Å²) in [6.45, 7) is 0.198. The molecular weight excluding hydrogens is 396 g/mol. The standard InChI is InChI=1S/C23H16N4O4/c28-23(21-6-3-9-29-21)27-19(18-12-24-15-4-1-2-5-16(15)25-18)11-17(26-27)14-7-8-20-22(10-14)31-13-30-20/h1-10,12,19H,11,13H2/t19-/m1/s1. The number of nitrogens with zero attached hydrogens (tertiary/aromatic N) is 4. The minimum absolute atomic E-state index is 0.198. The van der Waals surface area contributed by atoms with E-state index >= 15 is 0 Å². The van der Waals surface area contributed by atoms with Gasteiger partial charge >= 0.3 is 5.91 Å². The fraction of sp³-hybridized carbons (Fsp3) is 0.130. The first-order valence-electron chi connectivity index (χ1n) is 9.82. The van der Waals surface area contributed by atoms with Gasteiger partial charge in [0.25, 0.3) is 0 Å². The highest BCUT2D eigenvalue weighted by Crippen LogP contribution is 2.37. The van der Waals surface area contributed by atoms with Crippen LogP contribution in [0.25, 0.3) is 11.0 Å². The molecule has 0 radical (unpaired) electrons. The molecule has 0 saturated heterocycles. The van der Waals surface area contributed by atoms with E-state index in [2.05, 4.69) is 10.1 Å². The summed E-state index contributed by atoms with van der Waals surface area (Å²) in [5.41, 5.74) is 3.83. The van der Waals surface area contributed by atoms with Gasteiger partial charge < -0.3 is 13.9 Å². The van der Waals surface area contributed by atoms with Gasteiger partial charge in [-0.15, -0.1) is 0 Å². The van der Waals surface area contributed by atoms with Crippen LogP contribution < -0.4 is 9.47 Å². The Hall–Kier alpha value is -4.20. The molecule has 0 saturated carbocycles. The second-order valence-corrected chi connectivity index (χ2v) is 7.25. The summed E-state index contributed by atoms with van der Waals surface area (Å²) in [7, 11) is 0. The van der Waals surface area contributed by atoms with E-state index in [-0.39, 0.29) is 18.5 Å². The zero-order chi connectivity index (χ0) is 20.8. The predicted octanol–water partition coefficient (Wildman–Crippen LogP) is 3.94. The molecule has 0 unspecified atom stereocenters. The van der Waals surface area contributed by atoms with Crippen molar-refractivity contribution < 1.29 is 18.7 Å². The van der Waals surface area contributed by atoms with Crippen LogP contribution in [0.5, 0.6) is 11.5 Å². The average molecular weight is 412 g/mol. The van der Waals surface area contributed by atoms with Gasteiger partial charge in [-0.25, -0.2) is 9.99 Å². The van der Waals surface area contributed by atoms with Gasteiger partial charge in [0.05, 0.1) is 34.9 Å². The summed E-state index contributed by atoms with van der Waals surface area (Å²) < 4.78 is 16.2. The molecule has 0 N–H and O–H groups in total. The Labute approximate surface area is 176 Å². The highest BCUT2D eigenvalue weighted by molar-refractivity contribution is 6.05. The van der Waals surface area contributed by atoms with Crippen molar-refractivity contribution in [2.45, 2.75) is 12.5 Å². The molecule has 0 fully saturated rings. The number of furan rings is 1. The molecule has 1 amide bonds. The van der Waals surface area contributed by atoms with Gasteiger partial charge in [0, 0.05) is 12.0 Å². The van der Waals surface area contributed by atoms with E-state index in [4.69, 9.17) is 18.9 Å². The molecule has 31 heavy (non-hydrogen) atoms. The summed E-state index contributed by atoms with van der Waals surface area (Å²) in [6.07, 6.45) is 3.66. The van der Waals surface area contributed by atoms with Crippen molar-refractivity contribution in [2.75, 3.05) is 6.79 Å². The number of hydrazone groups is 1. The molecule has 0 bridgehead atoms. The first-order valence-corrected chi connectivity index (χ1v) is 9.82. The van der Waals surface area contributed by atoms with Gasteiger partial charge in [-0.2, -0.15) is 5.10 Å².